The minimum atomic E-state index is -0.610. The first kappa shape index (κ1) is 6.27. The van der Waals surface area contributed by atoms with E-state index in [0.717, 1.165) is 0 Å². The first-order valence-corrected chi connectivity index (χ1v) is 2.40. The highest BCUT2D eigenvalue weighted by Crippen LogP contribution is 1.95. The molecule has 1 heterocycles. The van der Waals surface area contributed by atoms with Gasteiger partial charge in [0.15, 0.2) is 0 Å². The fourth-order valence-corrected chi connectivity index (χ4v) is 0.598. The van der Waals surface area contributed by atoms with Crippen molar-refractivity contribution in [1.82, 2.24) is 15.9 Å². The summed E-state index contributed by atoms with van der Waals surface area (Å²) in [6.07, 6.45) is -0.567. The highest BCUT2D eigenvalue weighted by molar-refractivity contribution is 5.75. The Bertz CT molecular complexity index is 127. The zero-order chi connectivity index (χ0) is 6.85. The zero-order valence-electron chi connectivity index (χ0n) is 4.53. The second-order valence-electron chi connectivity index (χ2n) is 1.71. The van der Waals surface area contributed by atoms with Crippen molar-refractivity contribution in [3.05, 3.63) is 0 Å². The summed E-state index contributed by atoms with van der Waals surface area (Å²) < 4.78 is 0. The summed E-state index contributed by atoms with van der Waals surface area (Å²) in [5.41, 5.74) is 1.79. The monoisotopic (exact) mass is 133 g/mol. The SMILES string of the molecule is O=C1NC(NO)CN1O. The van der Waals surface area contributed by atoms with Crippen molar-refractivity contribution in [3.8, 4) is 0 Å². The maximum Gasteiger partial charge on any atom is 0.342 e. The largest absolute Gasteiger partial charge is 0.342 e. The lowest BCUT2D eigenvalue weighted by Gasteiger charge is -2.02. The molecule has 0 aliphatic carbocycles. The van der Waals surface area contributed by atoms with Gasteiger partial charge in [0.25, 0.3) is 0 Å². The zero-order valence-corrected chi connectivity index (χ0v) is 4.53. The smallest absolute Gasteiger partial charge is 0.317 e. The molecule has 6 nitrogen and oxygen atoms in total. The topological polar surface area (TPSA) is 84.8 Å². The molecule has 4 N–H and O–H groups in total. The van der Waals surface area contributed by atoms with Crippen molar-refractivity contribution in [3.63, 3.8) is 0 Å². The Labute approximate surface area is 51.0 Å². The minimum absolute atomic E-state index is 0.0509. The Hall–Kier alpha value is -0.850. The molecular weight excluding hydrogens is 126 g/mol. The molecule has 0 spiro atoms. The van der Waals surface area contributed by atoms with Crippen LogP contribution < -0.4 is 10.8 Å². The summed E-state index contributed by atoms with van der Waals surface area (Å²) >= 11 is 0. The Kier molecular flexibility index (Phi) is 1.52. The molecule has 0 bridgehead atoms. The first-order chi connectivity index (χ1) is 4.24. The lowest BCUT2D eigenvalue weighted by Crippen LogP contribution is -2.38. The third-order valence-electron chi connectivity index (χ3n) is 1.04. The van der Waals surface area contributed by atoms with Crippen LogP contribution in [0.15, 0.2) is 0 Å². The second kappa shape index (κ2) is 2.18. The van der Waals surface area contributed by atoms with E-state index in [2.05, 4.69) is 5.32 Å². The standard InChI is InChI=1S/C3H7N3O3/c7-3-4-2(5-8)1-6(3)9/h2,5,8-9H,1H2,(H,4,7). The Morgan fingerprint density at radius 1 is 1.89 bits per heavy atom. The van der Waals surface area contributed by atoms with E-state index in [-0.39, 0.29) is 6.54 Å². The minimum Gasteiger partial charge on any atom is -0.317 e. The van der Waals surface area contributed by atoms with Gasteiger partial charge in [-0.3, -0.25) is 5.21 Å². The van der Waals surface area contributed by atoms with Gasteiger partial charge >= 0.3 is 6.03 Å². The van der Waals surface area contributed by atoms with Crippen LogP contribution in [-0.2, 0) is 0 Å². The molecular formula is C3H7N3O3. The molecule has 0 aromatic heterocycles. The molecule has 1 aliphatic rings. The highest BCUT2D eigenvalue weighted by atomic mass is 16.5. The summed E-state index contributed by atoms with van der Waals surface area (Å²) in [6.45, 7) is 0.0509. The molecule has 1 fully saturated rings. The van der Waals surface area contributed by atoms with Gasteiger partial charge in [0.05, 0.1) is 6.54 Å². The lowest BCUT2D eigenvalue weighted by molar-refractivity contribution is -0.0335. The van der Waals surface area contributed by atoms with Gasteiger partial charge in [-0.05, 0) is 0 Å². The van der Waals surface area contributed by atoms with Crippen LogP contribution in [0.1, 0.15) is 0 Å². The van der Waals surface area contributed by atoms with E-state index in [1.54, 1.807) is 5.48 Å². The predicted octanol–water partition coefficient (Wildman–Crippen LogP) is -1.29. The number of urea groups is 1. The maximum atomic E-state index is 10.4. The van der Waals surface area contributed by atoms with E-state index >= 15 is 0 Å². The van der Waals surface area contributed by atoms with Crippen molar-refractivity contribution in [2.24, 2.45) is 0 Å². The van der Waals surface area contributed by atoms with Gasteiger partial charge < -0.3 is 10.5 Å². The van der Waals surface area contributed by atoms with Crippen molar-refractivity contribution in [2.45, 2.75) is 6.17 Å². The van der Waals surface area contributed by atoms with E-state index in [0.29, 0.717) is 5.06 Å². The van der Waals surface area contributed by atoms with Gasteiger partial charge in [0.2, 0.25) is 0 Å². The van der Waals surface area contributed by atoms with E-state index in [4.69, 9.17) is 10.4 Å². The Balaban J connectivity index is 2.44. The van der Waals surface area contributed by atoms with Gasteiger partial charge in [-0.2, -0.15) is 5.48 Å². The second-order valence-corrected chi connectivity index (χ2v) is 1.71. The van der Waals surface area contributed by atoms with Crippen LogP contribution in [-0.4, -0.2) is 34.2 Å². The molecule has 2 amide bonds. The molecule has 1 aliphatic heterocycles. The molecule has 0 aromatic rings. The fraction of sp³-hybridized carbons (Fsp3) is 0.667. The number of nitrogens with one attached hydrogen (secondary N) is 2. The van der Waals surface area contributed by atoms with Crippen LogP contribution in [0, 0.1) is 0 Å². The highest BCUT2D eigenvalue weighted by Gasteiger charge is 2.26. The molecule has 6 heteroatoms. The predicted molar refractivity (Wildman–Crippen MR) is 25.7 cm³/mol. The van der Waals surface area contributed by atoms with Crippen LogP contribution in [0.2, 0.25) is 0 Å². The van der Waals surface area contributed by atoms with Crippen LogP contribution in [0.3, 0.4) is 0 Å². The van der Waals surface area contributed by atoms with Gasteiger partial charge in [-0.1, -0.05) is 0 Å². The summed E-state index contributed by atoms with van der Waals surface area (Å²) in [4.78, 5) is 10.4. The first-order valence-electron chi connectivity index (χ1n) is 2.40. The van der Waals surface area contributed by atoms with Crippen molar-refractivity contribution >= 4 is 6.03 Å². The van der Waals surface area contributed by atoms with Gasteiger partial charge in [0.1, 0.15) is 6.17 Å². The molecule has 1 unspecified atom stereocenters. The van der Waals surface area contributed by atoms with E-state index in [1.165, 1.54) is 0 Å². The van der Waals surface area contributed by atoms with Gasteiger partial charge in [-0.25, -0.2) is 9.86 Å². The maximum absolute atomic E-state index is 10.4. The molecule has 1 atom stereocenters. The molecule has 0 aromatic carbocycles. The number of carbonyl (C=O) groups excluding carboxylic acids is 1. The Morgan fingerprint density at radius 3 is 2.78 bits per heavy atom. The number of hydrogen-bond donors (Lipinski definition) is 4. The average Bonchev–Trinajstić information content (AvgIpc) is 2.13. The Morgan fingerprint density at radius 2 is 2.56 bits per heavy atom. The number of hydroxylamine groups is 3. The molecule has 0 radical (unpaired) electrons. The number of hydrogen-bond acceptors (Lipinski definition) is 4. The normalized spacial score (nSPS) is 26.7. The molecule has 9 heavy (non-hydrogen) atoms. The fourth-order valence-electron chi connectivity index (χ4n) is 0.598. The van der Waals surface area contributed by atoms with Crippen LogP contribution in [0.4, 0.5) is 4.79 Å². The van der Waals surface area contributed by atoms with Crippen molar-refractivity contribution < 1.29 is 15.2 Å². The van der Waals surface area contributed by atoms with Crippen LogP contribution in [0.25, 0.3) is 0 Å². The van der Waals surface area contributed by atoms with Crippen molar-refractivity contribution in [2.75, 3.05) is 6.54 Å². The number of carbonyl (C=O) groups is 1. The third-order valence-corrected chi connectivity index (χ3v) is 1.04. The molecule has 1 rings (SSSR count). The quantitative estimate of drug-likeness (QED) is 0.265. The van der Waals surface area contributed by atoms with E-state index in [1.807, 2.05) is 0 Å². The molecule has 1 saturated heterocycles. The summed E-state index contributed by atoms with van der Waals surface area (Å²) in [7, 11) is 0. The molecule has 0 saturated carbocycles. The summed E-state index contributed by atoms with van der Waals surface area (Å²) in [6, 6.07) is -0.610. The van der Waals surface area contributed by atoms with E-state index < -0.39 is 12.2 Å². The van der Waals surface area contributed by atoms with Crippen molar-refractivity contribution in [1.29, 1.82) is 0 Å². The van der Waals surface area contributed by atoms with E-state index in [9.17, 15) is 4.79 Å². The van der Waals surface area contributed by atoms with Gasteiger partial charge in [-0.15, -0.1) is 0 Å². The summed E-state index contributed by atoms with van der Waals surface area (Å²) in [5, 5.41) is 19.5. The lowest BCUT2D eigenvalue weighted by atomic mass is 10.6. The van der Waals surface area contributed by atoms with Gasteiger partial charge in [0, 0.05) is 0 Å². The van der Waals surface area contributed by atoms with Crippen LogP contribution in [0.5, 0.6) is 0 Å². The van der Waals surface area contributed by atoms with Crippen LogP contribution >= 0.6 is 0 Å². The molecule has 52 valence electrons. The summed E-state index contributed by atoms with van der Waals surface area (Å²) in [5.74, 6) is 0. The number of rotatable bonds is 1. The average molecular weight is 133 g/mol. The number of nitrogens with zero attached hydrogens (tertiary/aromatic N) is 1. The third kappa shape index (κ3) is 1.10. The number of amides is 2.